The Morgan fingerprint density at radius 3 is 2.58 bits per heavy atom. The summed E-state index contributed by atoms with van der Waals surface area (Å²) in [5, 5.41) is 14.7. The topological polar surface area (TPSA) is 69.0 Å². The number of amides is 1. The highest BCUT2D eigenvalue weighted by Gasteiger charge is 2.14. The molecule has 1 aromatic heterocycles. The lowest BCUT2D eigenvalue weighted by atomic mass is 10.1. The second kappa shape index (κ2) is 11.0. The number of thioether (sulfide) groups is 1. The van der Waals surface area contributed by atoms with Gasteiger partial charge in [0.1, 0.15) is 11.6 Å². The van der Waals surface area contributed by atoms with Gasteiger partial charge in [0.2, 0.25) is 5.91 Å². The first-order chi connectivity index (χ1) is 16.2. The highest BCUT2D eigenvalue weighted by atomic mass is 32.2. The molecule has 4 aromatic rings. The van der Waals surface area contributed by atoms with E-state index in [9.17, 15) is 4.79 Å². The number of anilines is 1. The molecular formula is C26H28N4O2S. The minimum absolute atomic E-state index is 0.0527. The monoisotopic (exact) mass is 460 g/mol. The first kappa shape index (κ1) is 22.9. The molecule has 1 N–H and O–H groups in total. The maximum Gasteiger partial charge on any atom is 0.234 e. The van der Waals surface area contributed by atoms with E-state index in [1.807, 2.05) is 54.6 Å². The van der Waals surface area contributed by atoms with Crippen molar-refractivity contribution in [3.63, 3.8) is 0 Å². The lowest BCUT2D eigenvalue weighted by Gasteiger charge is -2.09. The number of aryl methyl sites for hydroxylation is 2. The average Bonchev–Trinajstić information content (AvgIpc) is 3.25. The number of rotatable bonds is 10. The maximum atomic E-state index is 12.6. The second-order valence-electron chi connectivity index (χ2n) is 7.71. The number of nitrogens with one attached hydrogen (secondary N) is 1. The molecule has 4 rings (SSSR count). The molecule has 0 aliphatic carbocycles. The Hall–Kier alpha value is -3.32. The van der Waals surface area contributed by atoms with Crippen molar-refractivity contribution >= 4 is 34.1 Å². The predicted molar refractivity (Wildman–Crippen MR) is 134 cm³/mol. The number of aromatic nitrogens is 3. The number of carbonyl (C=O) groups excluding carboxylic acids is 1. The summed E-state index contributed by atoms with van der Waals surface area (Å²) in [6.45, 7) is 2.86. The van der Waals surface area contributed by atoms with Gasteiger partial charge in [-0.15, -0.1) is 10.2 Å². The molecule has 1 amide bonds. The van der Waals surface area contributed by atoms with Crippen LogP contribution in [0, 0.1) is 0 Å². The summed E-state index contributed by atoms with van der Waals surface area (Å²) in [6, 6.07) is 22.1. The van der Waals surface area contributed by atoms with Crippen molar-refractivity contribution in [1.29, 1.82) is 0 Å². The zero-order valence-corrected chi connectivity index (χ0v) is 19.8. The van der Waals surface area contributed by atoms with Crippen molar-refractivity contribution in [2.24, 2.45) is 0 Å². The standard InChI is InChI=1S/C26H28N4O2S/c1-3-30-24(13-6-8-19-14-16-21(32-2)17-15-19)28-29-26(30)33-18-25(31)27-23-12-7-10-20-9-4-5-11-22(20)23/h4-5,7,9-12,14-17H,3,6,8,13,18H2,1-2H3,(H,27,31). The largest absolute Gasteiger partial charge is 0.497 e. The van der Waals surface area contributed by atoms with Crippen LogP contribution >= 0.6 is 11.8 Å². The number of nitrogens with zero attached hydrogens (tertiary/aromatic N) is 3. The van der Waals surface area contributed by atoms with Crippen molar-refractivity contribution in [2.45, 2.75) is 37.9 Å². The Morgan fingerprint density at radius 1 is 1.00 bits per heavy atom. The van der Waals surface area contributed by atoms with Gasteiger partial charge in [-0.05, 0) is 48.9 Å². The van der Waals surface area contributed by atoms with E-state index in [0.717, 1.165) is 59.0 Å². The predicted octanol–water partition coefficient (Wildman–Crippen LogP) is 5.37. The van der Waals surface area contributed by atoms with E-state index in [0.29, 0.717) is 0 Å². The van der Waals surface area contributed by atoms with E-state index in [4.69, 9.17) is 4.74 Å². The van der Waals surface area contributed by atoms with Gasteiger partial charge in [0.25, 0.3) is 0 Å². The number of hydrogen-bond donors (Lipinski definition) is 1. The summed E-state index contributed by atoms with van der Waals surface area (Å²) in [4.78, 5) is 12.6. The quantitative estimate of drug-likeness (QED) is 0.322. The van der Waals surface area contributed by atoms with Gasteiger partial charge in [-0.25, -0.2) is 0 Å². The number of benzene rings is 3. The van der Waals surface area contributed by atoms with Gasteiger partial charge in [-0.3, -0.25) is 4.79 Å². The lowest BCUT2D eigenvalue weighted by Crippen LogP contribution is -2.15. The Balaban J connectivity index is 1.32. The lowest BCUT2D eigenvalue weighted by molar-refractivity contribution is -0.113. The molecule has 0 saturated carbocycles. The molecule has 33 heavy (non-hydrogen) atoms. The molecule has 0 aliphatic rings. The van der Waals surface area contributed by atoms with Crippen LogP contribution in [0.5, 0.6) is 5.75 Å². The van der Waals surface area contributed by atoms with Crippen LogP contribution in [0.4, 0.5) is 5.69 Å². The van der Waals surface area contributed by atoms with Gasteiger partial charge in [-0.2, -0.15) is 0 Å². The number of hydrogen-bond acceptors (Lipinski definition) is 5. The maximum absolute atomic E-state index is 12.6. The van der Waals surface area contributed by atoms with Crippen LogP contribution in [-0.2, 0) is 24.2 Å². The van der Waals surface area contributed by atoms with Crippen LogP contribution in [0.3, 0.4) is 0 Å². The smallest absolute Gasteiger partial charge is 0.234 e. The summed E-state index contributed by atoms with van der Waals surface area (Å²) < 4.78 is 7.32. The van der Waals surface area contributed by atoms with E-state index in [-0.39, 0.29) is 11.7 Å². The molecule has 1 heterocycles. The summed E-state index contributed by atoms with van der Waals surface area (Å²) >= 11 is 1.42. The fourth-order valence-corrected chi connectivity index (χ4v) is 4.64. The van der Waals surface area contributed by atoms with Crippen LogP contribution in [0.25, 0.3) is 10.8 Å². The van der Waals surface area contributed by atoms with E-state index < -0.39 is 0 Å². The van der Waals surface area contributed by atoms with E-state index in [2.05, 4.69) is 39.1 Å². The zero-order chi connectivity index (χ0) is 23.0. The Kier molecular flexibility index (Phi) is 7.62. The average molecular weight is 461 g/mol. The van der Waals surface area contributed by atoms with Crippen molar-refractivity contribution in [3.05, 3.63) is 78.1 Å². The fraction of sp³-hybridized carbons (Fsp3) is 0.269. The highest BCUT2D eigenvalue weighted by molar-refractivity contribution is 7.99. The summed E-state index contributed by atoms with van der Waals surface area (Å²) in [5.41, 5.74) is 2.10. The summed E-state index contributed by atoms with van der Waals surface area (Å²) in [6.07, 6.45) is 2.79. The molecule has 0 aliphatic heterocycles. The van der Waals surface area contributed by atoms with E-state index in [1.165, 1.54) is 17.3 Å². The Morgan fingerprint density at radius 2 is 1.79 bits per heavy atom. The molecule has 0 saturated heterocycles. The molecule has 0 spiro atoms. The zero-order valence-electron chi connectivity index (χ0n) is 19.0. The SMILES string of the molecule is CCn1c(CCCc2ccc(OC)cc2)nnc1SCC(=O)Nc1cccc2ccccc12. The molecule has 170 valence electrons. The third-order valence-electron chi connectivity index (χ3n) is 5.53. The number of carbonyl (C=O) groups is 1. The minimum atomic E-state index is -0.0527. The number of methoxy groups -OCH3 is 1. The van der Waals surface area contributed by atoms with Crippen LogP contribution < -0.4 is 10.1 Å². The molecule has 0 bridgehead atoms. The minimum Gasteiger partial charge on any atom is -0.497 e. The van der Waals surface area contributed by atoms with Gasteiger partial charge in [0.05, 0.1) is 12.9 Å². The molecule has 0 radical (unpaired) electrons. The second-order valence-corrected chi connectivity index (χ2v) is 8.65. The number of ether oxygens (including phenoxy) is 1. The third-order valence-corrected chi connectivity index (χ3v) is 6.50. The Bertz CT molecular complexity index is 1220. The van der Waals surface area contributed by atoms with Gasteiger partial charge < -0.3 is 14.6 Å². The summed E-state index contributed by atoms with van der Waals surface area (Å²) in [7, 11) is 1.68. The van der Waals surface area contributed by atoms with Gasteiger partial charge >= 0.3 is 0 Å². The normalized spacial score (nSPS) is 11.0. The summed E-state index contributed by atoms with van der Waals surface area (Å²) in [5.74, 6) is 2.06. The van der Waals surface area contributed by atoms with E-state index in [1.54, 1.807) is 7.11 Å². The molecule has 3 aromatic carbocycles. The third kappa shape index (κ3) is 5.73. The van der Waals surface area contributed by atoms with Crippen molar-refractivity contribution in [2.75, 3.05) is 18.2 Å². The fourth-order valence-electron chi connectivity index (χ4n) is 3.82. The van der Waals surface area contributed by atoms with Crippen LogP contribution in [-0.4, -0.2) is 33.5 Å². The van der Waals surface area contributed by atoms with Crippen LogP contribution in [0.15, 0.2) is 71.9 Å². The number of fused-ring (bicyclic) bond motifs is 1. The van der Waals surface area contributed by atoms with Gasteiger partial charge in [0.15, 0.2) is 5.16 Å². The van der Waals surface area contributed by atoms with Crippen molar-refractivity contribution in [1.82, 2.24) is 14.8 Å². The molecule has 7 heteroatoms. The highest BCUT2D eigenvalue weighted by Crippen LogP contribution is 2.24. The molecule has 0 fully saturated rings. The van der Waals surface area contributed by atoms with Crippen LogP contribution in [0.1, 0.15) is 24.7 Å². The molecule has 6 nitrogen and oxygen atoms in total. The van der Waals surface area contributed by atoms with Gasteiger partial charge in [0, 0.05) is 24.0 Å². The van der Waals surface area contributed by atoms with Gasteiger partial charge in [-0.1, -0.05) is 60.3 Å². The first-order valence-corrected chi connectivity index (χ1v) is 12.1. The molecule has 0 unspecified atom stereocenters. The Labute approximate surface area is 198 Å². The van der Waals surface area contributed by atoms with Crippen LogP contribution in [0.2, 0.25) is 0 Å². The molecular weight excluding hydrogens is 432 g/mol. The molecule has 0 atom stereocenters. The van der Waals surface area contributed by atoms with E-state index >= 15 is 0 Å². The van der Waals surface area contributed by atoms with Crippen molar-refractivity contribution < 1.29 is 9.53 Å². The van der Waals surface area contributed by atoms with Crippen molar-refractivity contribution in [3.8, 4) is 5.75 Å². The first-order valence-electron chi connectivity index (χ1n) is 11.1.